The van der Waals surface area contributed by atoms with Crippen LogP contribution in [0.1, 0.15) is 24.2 Å². The molecular weight excluding hydrogens is 216 g/mol. The van der Waals surface area contributed by atoms with E-state index in [1.54, 1.807) is 10.9 Å². The van der Waals surface area contributed by atoms with E-state index >= 15 is 0 Å². The minimum Gasteiger partial charge on any atom is -0.350 e. The number of nitrogens with zero attached hydrogens (tertiary/aromatic N) is 3. The third kappa shape index (κ3) is 2.22. The molecule has 0 aliphatic heterocycles. The van der Waals surface area contributed by atoms with Crippen molar-refractivity contribution in [3.63, 3.8) is 0 Å². The predicted molar refractivity (Wildman–Crippen MR) is 65.1 cm³/mol. The van der Waals surface area contributed by atoms with Crippen LogP contribution in [0.5, 0.6) is 0 Å². The smallest absolute Gasteiger partial charge is 0.256 e. The highest BCUT2D eigenvalue weighted by atomic mass is 16.1. The Morgan fingerprint density at radius 2 is 2.00 bits per heavy atom. The molecule has 2 aromatic heterocycles. The molecule has 0 saturated carbocycles. The molecule has 17 heavy (non-hydrogen) atoms. The van der Waals surface area contributed by atoms with Gasteiger partial charge in [0.15, 0.2) is 0 Å². The molecule has 1 N–H and O–H groups in total. The summed E-state index contributed by atoms with van der Waals surface area (Å²) < 4.78 is 3.57. The van der Waals surface area contributed by atoms with Gasteiger partial charge in [0.2, 0.25) is 0 Å². The molecule has 1 amide bonds. The summed E-state index contributed by atoms with van der Waals surface area (Å²) in [7, 11) is 1.82. The van der Waals surface area contributed by atoms with Gasteiger partial charge in [0.25, 0.3) is 5.91 Å². The second-order valence-corrected chi connectivity index (χ2v) is 4.22. The molecule has 0 spiro atoms. The van der Waals surface area contributed by atoms with Crippen molar-refractivity contribution in [3.05, 3.63) is 36.3 Å². The first-order valence-electron chi connectivity index (χ1n) is 5.56. The zero-order valence-corrected chi connectivity index (χ0v) is 10.2. The van der Waals surface area contributed by atoms with Crippen molar-refractivity contribution < 1.29 is 4.79 Å². The maximum absolute atomic E-state index is 12.0. The van der Waals surface area contributed by atoms with Gasteiger partial charge in [-0.25, -0.2) is 0 Å². The molecular formula is C12H16N4O. The zero-order valence-electron chi connectivity index (χ0n) is 10.2. The molecule has 90 valence electrons. The van der Waals surface area contributed by atoms with Crippen molar-refractivity contribution in [2.45, 2.75) is 19.9 Å². The van der Waals surface area contributed by atoms with Crippen LogP contribution in [0.3, 0.4) is 0 Å². The van der Waals surface area contributed by atoms with Crippen molar-refractivity contribution in [1.82, 2.24) is 19.7 Å². The lowest BCUT2D eigenvalue weighted by molar-refractivity contribution is 0.0943. The molecule has 0 saturated heterocycles. The summed E-state index contributed by atoms with van der Waals surface area (Å²) in [5.41, 5.74) is 0.581. The van der Waals surface area contributed by atoms with E-state index in [0.29, 0.717) is 5.56 Å². The average molecular weight is 232 g/mol. The van der Waals surface area contributed by atoms with Gasteiger partial charge in [-0.3, -0.25) is 9.48 Å². The van der Waals surface area contributed by atoms with E-state index in [1.807, 2.05) is 50.0 Å². The SMILES string of the molecule is CC(C)NC(=O)c1cnn(C)c1-n1cccc1. The van der Waals surface area contributed by atoms with E-state index in [9.17, 15) is 4.79 Å². The fraction of sp³-hybridized carbons (Fsp3) is 0.333. The number of carbonyl (C=O) groups excluding carboxylic acids is 1. The molecule has 2 aromatic rings. The monoisotopic (exact) mass is 232 g/mol. The maximum atomic E-state index is 12.0. The molecule has 2 heterocycles. The second kappa shape index (κ2) is 4.45. The summed E-state index contributed by atoms with van der Waals surface area (Å²) in [5.74, 6) is 0.671. The molecule has 0 aliphatic rings. The van der Waals surface area contributed by atoms with Crippen LogP contribution >= 0.6 is 0 Å². The minimum atomic E-state index is -0.100. The minimum absolute atomic E-state index is 0.100. The Morgan fingerprint density at radius 1 is 1.35 bits per heavy atom. The summed E-state index contributed by atoms with van der Waals surface area (Å²) in [6, 6.07) is 3.94. The number of hydrogen-bond acceptors (Lipinski definition) is 2. The van der Waals surface area contributed by atoms with Crippen LogP contribution in [-0.2, 0) is 7.05 Å². The molecule has 0 radical (unpaired) electrons. The van der Waals surface area contributed by atoms with Crippen LogP contribution in [0.4, 0.5) is 0 Å². The van der Waals surface area contributed by atoms with Gasteiger partial charge in [0.1, 0.15) is 11.4 Å². The quantitative estimate of drug-likeness (QED) is 0.868. The van der Waals surface area contributed by atoms with Crippen LogP contribution in [-0.4, -0.2) is 26.3 Å². The van der Waals surface area contributed by atoms with Gasteiger partial charge in [-0.05, 0) is 26.0 Å². The van der Waals surface area contributed by atoms with Gasteiger partial charge >= 0.3 is 0 Å². The van der Waals surface area contributed by atoms with Crippen LogP contribution in [0, 0.1) is 0 Å². The first-order valence-corrected chi connectivity index (χ1v) is 5.56. The van der Waals surface area contributed by atoms with Gasteiger partial charge in [-0.1, -0.05) is 0 Å². The summed E-state index contributed by atoms with van der Waals surface area (Å²) >= 11 is 0. The van der Waals surface area contributed by atoms with Crippen molar-refractivity contribution in [2.24, 2.45) is 7.05 Å². The molecule has 0 aromatic carbocycles. The highest BCUT2D eigenvalue weighted by Crippen LogP contribution is 2.13. The summed E-state index contributed by atoms with van der Waals surface area (Å²) in [5, 5.41) is 7.01. The standard InChI is InChI=1S/C12H16N4O/c1-9(2)14-11(17)10-8-13-15(3)12(10)16-6-4-5-7-16/h4-9H,1-3H3,(H,14,17). The van der Waals surface area contributed by atoms with Crippen molar-refractivity contribution >= 4 is 5.91 Å². The van der Waals surface area contributed by atoms with E-state index in [1.165, 1.54) is 0 Å². The van der Waals surface area contributed by atoms with Crippen molar-refractivity contribution in [3.8, 4) is 5.82 Å². The lowest BCUT2D eigenvalue weighted by atomic mass is 10.2. The number of hydrogen-bond donors (Lipinski definition) is 1. The highest BCUT2D eigenvalue weighted by molar-refractivity contribution is 5.97. The van der Waals surface area contributed by atoms with Gasteiger partial charge in [0, 0.05) is 25.5 Å². The third-order valence-electron chi connectivity index (χ3n) is 2.42. The topological polar surface area (TPSA) is 51.9 Å². The third-order valence-corrected chi connectivity index (χ3v) is 2.42. The Labute approximate surface area is 100 Å². The van der Waals surface area contributed by atoms with E-state index < -0.39 is 0 Å². The molecule has 0 unspecified atom stereocenters. The predicted octanol–water partition coefficient (Wildman–Crippen LogP) is 1.35. The number of carbonyl (C=O) groups is 1. The summed E-state index contributed by atoms with van der Waals surface area (Å²) in [6.07, 6.45) is 5.37. The first-order chi connectivity index (χ1) is 8.09. The molecule has 0 fully saturated rings. The van der Waals surface area contributed by atoms with Gasteiger partial charge in [-0.2, -0.15) is 5.10 Å². The zero-order chi connectivity index (χ0) is 12.4. The number of aromatic nitrogens is 3. The Bertz CT molecular complexity index is 511. The summed E-state index contributed by atoms with van der Waals surface area (Å²) in [6.45, 7) is 3.87. The molecule has 5 nitrogen and oxygen atoms in total. The molecule has 0 atom stereocenters. The Balaban J connectivity index is 2.39. The second-order valence-electron chi connectivity index (χ2n) is 4.22. The molecule has 5 heteroatoms. The van der Waals surface area contributed by atoms with E-state index in [2.05, 4.69) is 10.4 Å². The Kier molecular flexibility index (Phi) is 2.99. The van der Waals surface area contributed by atoms with Crippen molar-refractivity contribution in [2.75, 3.05) is 0 Å². The summed E-state index contributed by atoms with van der Waals surface area (Å²) in [4.78, 5) is 12.0. The highest BCUT2D eigenvalue weighted by Gasteiger charge is 2.17. The maximum Gasteiger partial charge on any atom is 0.256 e. The van der Waals surface area contributed by atoms with Gasteiger partial charge in [-0.15, -0.1) is 0 Å². The normalized spacial score (nSPS) is 10.8. The Morgan fingerprint density at radius 3 is 2.59 bits per heavy atom. The number of amides is 1. The lowest BCUT2D eigenvalue weighted by Crippen LogP contribution is -2.30. The lowest BCUT2D eigenvalue weighted by Gasteiger charge is -2.10. The number of aryl methyl sites for hydroxylation is 1. The van der Waals surface area contributed by atoms with Gasteiger partial charge < -0.3 is 9.88 Å². The van der Waals surface area contributed by atoms with Crippen molar-refractivity contribution in [1.29, 1.82) is 0 Å². The average Bonchev–Trinajstić information content (AvgIpc) is 2.84. The van der Waals surface area contributed by atoms with E-state index in [4.69, 9.17) is 0 Å². The molecule has 0 aliphatic carbocycles. The van der Waals surface area contributed by atoms with Crippen LogP contribution < -0.4 is 5.32 Å². The van der Waals surface area contributed by atoms with E-state index in [-0.39, 0.29) is 11.9 Å². The fourth-order valence-corrected chi connectivity index (χ4v) is 1.71. The Hall–Kier alpha value is -2.04. The fourth-order valence-electron chi connectivity index (χ4n) is 1.71. The first kappa shape index (κ1) is 11.4. The largest absolute Gasteiger partial charge is 0.350 e. The van der Waals surface area contributed by atoms with Crippen LogP contribution in [0.25, 0.3) is 5.82 Å². The van der Waals surface area contributed by atoms with Gasteiger partial charge in [0.05, 0.1) is 6.20 Å². The molecule has 0 bridgehead atoms. The van der Waals surface area contributed by atoms with E-state index in [0.717, 1.165) is 5.82 Å². The number of nitrogens with one attached hydrogen (secondary N) is 1. The van der Waals surface area contributed by atoms with Crippen LogP contribution in [0.2, 0.25) is 0 Å². The van der Waals surface area contributed by atoms with Crippen LogP contribution in [0.15, 0.2) is 30.7 Å². The molecule has 2 rings (SSSR count). The number of rotatable bonds is 3.